The molecule has 0 heterocycles. The molecule has 0 spiro atoms. The Hall–Kier alpha value is -2.87. The normalized spacial score (nSPS) is 14.5. The molecule has 0 fully saturated rings. The van der Waals surface area contributed by atoms with E-state index in [9.17, 15) is 33.9 Å². The standard InChI is InChI=1S/C18H32N6O7S/c1-8(2)5-11(17(29)24-12(18(30)31)6-14(21)26)23-16(28)10(3-4-13(20)25)22-15(27)9(19)7-32/h8-12,32H,3-7,19H2,1-2H3,(H2,20,25)(H2,21,26)(H,22,27)(H,23,28)(H,24,29)(H,30,31). The van der Waals surface area contributed by atoms with Crippen molar-refractivity contribution in [2.75, 3.05) is 5.75 Å². The number of carboxylic acid groups (broad SMARTS) is 1. The fraction of sp³-hybridized carbons (Fsp3) is 0.667. The number of aliphatic carboxylic acids is 1. The van der Waals surface area contributed by atoms with Gasteiger partial charge in [0.1, 0.15) is 18.1 Å². The van der Waals surface area contributed by atoms with E-state index in [1.54, 1.807) is 13.8 Å². The van der Waals surface area contributed by atoms with Gasteiger partial charge in [-0.05, 0) is 18.8 Å². The highest BCUT2D eigenvalue weighted by Crippen LogP contribution is 2.08. The molecule has 0 saturated carbocycles. The molecule has 0 radical (unpaired) electrons. The first kappa shape index (κ1) is 29.1. The van der Waals surface area contributed by atoms with Gasteiger partial charge in [0.25, 0.3) is 0 Å². The van der Waals surface area contributed by atoms with Crippen LogP contribution in [0.3, 0.4) is 0 Å². The van der Waals surface area contributed by atoms with Crippen LogP contribution in [0.1, 0.15) is 39.5 Å². The van der Waals surface area contributed by atoms with Crippen molar-refractivity contribution in [3.05, 3.63) is 0 Å². The van der Waals surface area contributed by atoms with Crippen LogP contribution in [-0.4, -0.2) is 70.5 Å². The molecule has 182 valence electrons. The van der Waals surface area contributed by atoms with Gasteiger partial charge in [0.2, 0.25) is 29.5 Å². The van der Waals surface area contributed by atoms with E-state index >= 15 is 0 Å². The number of carbonyl (C=O) groups is 6. The second-order valence-corrected chi connectivity index (χ2v) is 7.98. The lowest BCUT2D eigenvalue weighted by molar-refractivity contribution is -0.143. The van der Waals surface area contributed by atoms with Crippen LogP contribution in [0.15, 0.2) is 0 Å². The molecule has 14 heteroatoms. The van der Waals surface area contributed by atoms with Crippen molar-refractivity contribution in [2.24, 2.45) is 23.1 Å². The number of thiol groups is 1. The van der Waals surface area contributed by atoms with Crippen LogP contribution < -0.4 is 33.2 Å². The lowest BCUT2D eigenvalue weighted by Gasteiger charge is -2.25. The zero-order valence-electron chi connectivity index (χ0n) is 18.0. The Balaban J connectivity index is 5.53. The number of carbonyl (C=O) groups excluding carboxylic acids is 5. The van der Waals surface area contributed by atoms with Gasteiger partial charge in [-0.3, -0.25) is 24.0 Å². The molecule has 0 saturated heterocycles. The molecule has 10 N–H and O–H groups in total. The first-order valence-electron chi connectivity index (χ1n) is 9.85. The number of rotatable bonds is 15. The van der Waals surface area contributed by atoms with E-state index in [4.69, 9.17) is 17.2 Å². The number of amides is 5. The highest BCUT2D eigenvalue weighted by atomic mass is 32.1. The molecule has 0 aliphatic carbocycles. The van der Waals surface area contributed by atoms with Gasteiger partial charge < -0.3 is 38.3 Å². The largest absolute Gasteiger partial charge is 0.480 e. The van der Waals surface area contributed by atoms with Gasteiger partial charge in [-0.25, -0.2) is 4.79 Å². The van der Waals surface area contributed by atoms with Crippen molar-refractivity contribution in [1.82, 2.24) is 16.0 Å². The molecular weight excluding hydrogens is 444 g/mol. The molecule has 0 aromatic carbocycles. The molecule has 0 aromatic heterocycles. The number of hydrogen-bond acceptors (Lipinski definition) is 8. The van der Waals surface area contributed by atoms with Crippen molar-refractivity contribution >= 4 is 48.1 Å². The molecule has 0 rings (SSSR count). The number of nitrogens with two attached hydrogens (primary N) is 3. The minimum atomic E-state index is -1.58. The fourth-order valence-electron chi connectivity index (χ4n) is 2.57. The summed E-state index contributed by atoms with van der Waals surface area (Å²) >= 11 is 3.91. The van der Waals surface area contributed by atoms with Crippen molar-refractivity contribution in [3.8, 4) is 0 Å². The minimum absolute atomic E-state index is 0.00477. The second kappa shape index (κ2) is 14.2. The van der Waals surface area contributed by atoms with E-state index in [1.807, 2.05) is 0 Å². The van der Waals surface area contributed by atoms with Crippen LogP contribution in [0.4, 0.5) is 0 Å². The van der Waals surface area contributed by atoms with Gasteiger partial charge in [-0.1, -0.05) is 13.8 Å². The summed E-state index contributed by atoms with van der Waals surface area (Å²) in [7, 11) is 0. The monoisotopic (exact) mass is 476 g/mol. The fourth-order valence-corrected chi connectivity index (χ4v) is 2.73. The summed E-state index contributed by atoms with van der Waals surface area (Å²) in [5.41, 5.74) is 15.7. The Morgan fingerprint density at radius 2 is 1.34 bits per heavy atom. The highest BCUT2D eigenvalue weighted by Gasteiger charge is 2.31. The Labute approximate surface area is 191 Å². The summed E-state index contributed by atoms with van der Waals surface area (Å²) in [5.74, 6) is -5.55. The summed E-state index contributed by atoms with van der Waals surface area (Å²) in [6.45, 7) is 3.53. The zero-order valence-corrected chi connectivity index (χ0v) is 18.9. The van der Waals surface area contributed by atoms with Gasteiger partial charge >= 0.3 is 5.97 Å². The summed E-state index contributed by atoms with van der Waals surface area (Å²) < 4.78 is 0. The molecule has 32 heavy (non-hydrogen) atoms. The van der Waals surface area contributed by atoms with Crippen molar-refractivity contribution < 1.29 is 33.9 Å². The van der Waals surface area contributed by atoms with Crippen LogP contribution in [0, 0.1) is 5.92 Å². The molecule has 4 atom stereocenters. The topological polar surface area (TPSA) is 237 Å². The van der Waals surface area contributed by atoms with E-state index in [-0.39, 0.29) is 30.9 Å². The maximum Gasteiger partial charge on any atom is 0.326 e. The van der Waals surface area contributed by atoms with Crippen LogP contribution in [0.25, 0.3) is 0 Å². The molecule has 0 bridgehead atoms. The van der Waals surface area contributed by atoms with E-state index in [0.29, 0.717) is 0 Å². The predicted molar refractivity (Wildman–Crippen MR) is 117 cm³/mol. The third kappa shape index (κ3) is 11.5. The lowest BCUT2D eigenvalue weighted by atomic mass is 10.0. The SMILES string of the molecule is CC(C)CC(NC(=O)C(CCC(N)=O)NC(=O)C(N)CS)C(=O)NC(CC(N)=O)C(=O)O. The number of hydrogen-bond donors (Lipinski definition) is 8. The van der Waals surface area contributed by atoms with E-state index in [1.165, 1.54) is 0 Å². The van der Waals surface area contributed by atoms with Gasteiger partial charge in [0.15, 0.2) is 0 Å². The predicted octanol–water partition coefficient (Wildman–Crippen LogP) is -3.03. The summed E-state index contributed by atoms with van der Waals surface area (Å²) in [4.78, 5) is 71.0. The average Bonchev–Trinajstić information content (AvgIpc) is 2.67. The van der Waals surface area contributed by atoms with Crippen molar-refractivity contribution in [2.45, 2.75) is 63.7 Å². The quantitative estimate of drug-likeness (QED) is 0.113. The maximum atomic E-state index is 12.8. The summed E-state index contributed by atoms with van der Waals surface area (Å²) in [6.07, 6.45) is -0.897. The van der Waals surface area contributed by atoms with Crippen LogP contribution in [-0.2, 0) is 28.8 Å². The van der Waals surface area contributed by atoms with E-state index < -0.39 is 66.1 Å². The lowest BCUT2D eigenvalue weighted by Crippen LogP contribution is -2.57. The molecular formula is C18H32N6O7S. The summed E-state index contributed by atoms with van der Waals surface area (Å²) in [6, 6.07) is -5.01. The van der Waals surface area contributed by atoms with Gasteiger partial charge in [0.05, 0.1) is 12.5 Å². The Morgan fingerprint density at radius 1 is 0.844 bits per heavy atom. The van der Waals surface area contributed by atoms with Crippen LogP contribution >= 0.6 is 12.6 Å². The third-order valence-corrected chi connectivity index (χ3v) is 4.60. The summed E-state index contributed by atoms with van der Waals surface area (Å²) in [5, 5.41) is 16.2. The third-order valence-electron chi connectivity index (χ3n) is 4.21. The van der Waals surface area contributed by atoms with Crippen molar-refractivity contribution in [3.63, 3.8) is 0 Å². The van der Waals surface area contributed by atoms with E-state index in [2.05, 4.69) is 28.6 Å². The second-order valence-electron chi connectivity index (χ2n) is 7.62. The number of nitrogens with one attached hydrogen (secondary N) is 3. The average molecular weight is 477 g/mol. The molecule has 0 aliphatic heterocycles. The first-order valence-corrected chi connectivity index (χ1v) is 10.5. The molecule has 4 unspecified atom stereocenters. The highest BCUT2D eigenvalue weighted by molar-refractivity contribution is 7.80. The number of primary amides is 2. The van der Waals surface area contributed by atoms with Gasteiger partial charge in [-0.15, -0.1) is 0 Å². The van der Waals surface area contributed by atoms with Crippen LogP contribution in [0.2, 0.25) is 0 Å². The smallest absolute Gasteiger partial charge is 0.326 e. The van der Waals surface area contributed by atoms with Crippen LogP contribution in [0.5, 0.6) is 0 Å². The number of carboxylic acids is 1. The Bertz CT molecular complexity index is 718. The minimum Gasteiger partial charge on any atom is -0.480 e. The van der Waals surface area contributed by atoms with Crippen molar-refractivity contribution in [1.29, 1.82) is 0 Å². The maximum absolute atomic E-state index is 12.8. The Kier molecular flexibility index (Phi) is 13.0. The molecule has 0 aromatic rings. The molecule has 5 amide bonds. The molecule has 0 aliphatic rings. The Morgan fingerprint density at radius 3 is 1.78 bits per heavy atom. The molecule has 13 nitrogen and oxygen atoms in total. The zero-order chi connectivity index (χ0) is 25.0. The van der Waals surface area contributed by atoms with Gasteiger partial charge in [0, 0.05) is 12.2 Å². The first-order chi connectivity index (χ1) is 14.8. The van der Waals surface area contributed by atoms with Gasteiger partial charge in [-0.2, -0.15) is 12.6 Å². The van der Waals surface area contributed by atoms with E-state index in [0.717, 1.165) is 0 Å².